The molecule has 0 spiro atoms. The Hall–Kier alpha value is -6.23. The summed E-state index contributed by atoms with van der Waals surface area (Å²) >= 11 is 0. The van der Waals surface area contributed by atoms with Gasteiger partial charge in [0.1, 0.15) is 0 Å². The van der Waals surface area contributed by atoms with Gasteiger partial charge >= 0.3 is 0 Å². The monoisotopic (exact) mass is 1080 g/mol. The van der Waals surface area contributed by atoms with Crippen LogP contribution >= 0.6 is 0 Å². The zero-order valence-corrected chi connectivity index (χ0v) is 42.9. The van der Waals surface area contributed by atoms with Crippen molar-refractivity contribution in [1.29, 1.82) is 0 Å². The SMILES string of the molecule is CC1(C)c2c[c-]c(-c3nc4cc5ccccc5cc4n3-c3cccc4ccccc34)cc2-c2cc(-c3ccccc3)ccc21.[2H]C([2H])(c1cc(-c2[c-]cccc2)ncc1[Si](C)(C)C)C1CCCCC1.[Ir]. The summed E-state index contributed by atoms with van der Waals surface area (Å²) in [6.45, 7) is 11.5. The third-order valence-electron chi connectivity index (χ3n) is 14.1. The first-order valence-corrected chi connectivity index (χ1v) is 27.5. The molecule has 0 N–H and O–H groups in total. The molecule has 0 amide bonds. The van der Waals surface area contributed by atoms with Crippen LogP contribution in [0, 0.1) is 18.1 Å². The van der Waals surface area contributed by atoms with Crippen LogP contribution in [-0.4, -0.2) is 22.6 Å². The summed E-state index contributed by atoms with van der Waals surface area (Å²) in [4.78, 5) is 10.0. The number of rotatable bonds is 7. The number of aromatic nitrogens is 3. The minimum atomic E-state index is -1.69. The van der Waals surface area contributed by atoms with E-state index in [0.29, 0.717) is 0 Å². The predicted molar refractivity (Wildman–Crippen MR) is 285 cm³/mol. The van der Waals surface area contributed by atoms with E-state index < -0.39 is 14.4 Å². The van der Waals surface area contributed by atoms with Crippen molar-refractivity contribution in [2.75, 3.05) is 0 Å². The summed E-state index contributed by atoms with van der Waals surface area (Å²) < 4.78 is 20.3. The summed E-state index contributed by atoms with van der Waals surface area (Å²) in [5.74, 6) is 1.02. The average Bonchev–Trinajstić information content (AvgIpc) is 3.86. The van der Waals surface area contributed by atoms with Gasteiger partial charge in [-0.3, -0.25) is 4.98 Å². The maximum absolute atomic E-state index is 8.99. The molecule has 10 aromatic rings. The molecule has 2 heterocycles. The second kappa shape index (κ2) is 18.7. The van der Waals surface area contributed by atoms with Crippen LogP contribution in [0.2, 0.25) is 19.6 Å². The van der Waals surface area contributed by atoms with Crippen LogP contribution in [-0.2, 0) is 31.9 Å². The van der Waals surface area contributed by atoms with Gasteiger partial charge in [0.25, 0.3) is 0 Å². The summed E-state index contributed by atoms with van der Waals surface area (Å²) in [6, 6.07) is 67.0. The third-order valence-corrected chi connectivity index (χ3v) is 16.2. The van der Waals surface area contributed by atoms with Gasteiger partial charge < -0.3 is 9.55 Å². The molecule has 0 saturated heterocycles. The number of pyridine rings is 1. The Morgan fingerprint density at radius 3 is 2.13 bits per heavy atom. The topological polar surface area (TPSA) is 30.7 Å². The summed E-state index contributed by atoms with van der Waals surface area (Å²) in [5.41, 5.74) is 14.4. The smallest absolute Gasteiger partial charge is 0.0798 e. The quantitative estimate of drug-likeness (QED) is 0.118. The van der Waals surface area contributed by atoms with Gasteiger partial charge in [0.15, 0.2) is 0 Å². The van der Waals surface area contributed by atoms with Crippen LogP contribution in [0.15, 0.2) is 176 Å². The molecule has 3 nitrogen and oxygen atoms in total. The molecule has 0 aliphatic heterocycles. The van der Waals surface area contributed by atoms with E-state index in [9.17, 15) is 0 Å². The van der Waals surface area contributed by atoms with Crippen LogP contribution in [0.3, 0.4) is 0 Å². The van der Waals surface area contributed by atoms with Crippen molar-refractivity contribution in [3.05, 3.63) is 205 Å². The maximum Gasteiger partial charge on any atom is 0.0798 e. The van der Waals surface area contributed by atoms with E-state index >= 15 is 0 Å². The Kier molecular flexibility index (Phi) is 11.8. The molecule has 5 heteroatoms. The molecule has 1 fully saturated rings. The number of imidazole rings is 1. The molecule has 0 bridgehead atoms. The van der Waals surface area contributed by atoms with Gasteiger partial charge in [0.05, 0.1) is 24.9 Å². The number of hydrogen-bond donors (Lipinski definition) is 0. The van der Waals surface area contributed by atoms with Crippen molar-refractivity contribution in [1.82, 2.24) is 14.5 Å². The van der Waals surface area contributed by atoms with Crippen LogP contribution in [0.5, 0.6) is 0 Å². The van der Waals surface area contributed by atoms with Crippen LogP contribution < -0.4 is 5.19 Å². The number of hydrogen-bond acceptors (Lipinski definition) is 2. The van der Waals surface area contributed by atoms with Gasteiger partial charge in [0.2, 0.25) is 0 Å². The zero-order chi connectivity index (χ0) is 47.5. The van der Waals surface area contributed by atoms with Gasteiger partial charge in [-0.1, -0.05) is 186 Å². The largest absolute Gasteiger partial charge is 0.333 e. The van der Waals surface area contributed by atoms with Crippen molar-refractivity contribution in [2.45, 2.75) is 77.4 Å². The van der Waals surface area contributed by atoms with Crippen LogP contribution in [0.4, 0.5) is 0 Å². The fourth-order valence-corrected chi connectivity index (χ4v) is 12.0. The molecule has 2 aliphatic carbocycles. The van der Waals surface area contributed by atoms with E-state index in [2.05, 4.69) is 195 Å². The van der Waals surface area contributed by atoms with E-state index in [0.717, 1.165) is 75.8 Å². The molecule has 1 saturated carbocycles. The van der Waals surface area contributed by atoms with Gasteiger partial charge in [-0.05, 0) is 91.3 Å². The van der Waals surface area contributed by atoms with Crippen molar-refractivity contribution >= 4 is 45.8 Å². The first-order chi connectivity index (χ1) is 33.4. The number of benzene rings is 8. The van der Waals surface area contributed by atoms with E-state index in [1.165, 1.54) is 61.3 Å². The molecule has 68 heavy (non-hydrogen) atoms. The molecule has 12 rings (SSSR count). The van der Waals surface area contributed by atoms with E-state index in [4.69, 9.17) is 7.73 Å². The molecule has 2 aliphatic rings. The minimum absolute atomic E-state index is 0. The Bertz CT molecular complexity index is 3530. The zero-order valence-electron chi connectivity index (χ0n) is 41.5. The second-order valence-electron chi connectivity index (χ2n) is 20.0. The second-order valence-corrected chi connectivity index (χ2v) is 25.0. The van der Waals surface area contributed by atoms with Gasteiger partial charge in [0, 0.05) is 40.1 Å². The van der Waals surface area contributed by atoms with Crippen LogP contribution in [0.1, 0.15) is 65.4 Å². The Balaban J connectivity index is 0.000000187. The van der Waals surface area contributed by atoms with E-state index in [1.807, 2.05) is 36.5 Å². The van der Waals surface area contributed by atoms with E-state index in [1.54, 1.807) is 0 Å². The predicted octanol–water partition coefficient (Wildman–Crippen LogP) is 16.0. The minimum Gasteiger partial charge on any atom is -0.333 e. The molecule has 0 unspecified atom stereocenters. The summed E-state index contributed by atoms with van der Waals surface area (Å²) in [7, 11) is -1.69. The molecule has 8 aromatic carbocycles. The normalized spacial score (nSPS) is 14.9. The summed E-state index contributed by atoms with van der Waals surface area (Å²) in [5, 5.41) is 5.96. The van der Waals surface area contributed by atoms with Crippen molar-refractivity contribution < 1.29 is 22.8 Å². The number of fused-ring (bicyclic) bond motifs is 6. The first kappa shape index (κ1) is 43.1. The van der Waals surface area contributed by atoms with Gasteiger partial charge in [-0.25, -0.2) is 0 Å². The standard InChI is InChI=1S/C42H29N2.C21H28NSi.Ir/c1-42(2)36-21-19-31(27-11-4-3-5-12-27)23-34(36)35-24-32(20-22-37(35)42)41-43-38-25-29-14-6-7-15-30(29)26-40(38)44(41)39-18-10-16-28-13-8-9-17-33(28)39;1-23(2,3)21-16-22-20(18-12-8-5-9-13-18)15-19(21)14-17-10-6-4-7-11-17;/h3-19,21-26H,1-2H3;5,8-9,12,15-17H,4,6-7,10-11,14H2,1-3H3;/q2*-1;/i;14D2;. The molecule has 339 valence electrons. The van der Waals surface area contributed by atoms with Crippen molar-refractivity contribution in [2.24, 2.45) is 5.92 Å². The van der Waals surface area contributed by atoms with Gasteiger partial charge in [-0.15, -0.1) is 65.2 Å². The van der Waals surface area contributed by atoms with Crippen molar-refractivity contribution in [3.8, 4) is 50.6 Å². The number of nitrogens with zero attached hydrogens (tertiary/aromatic N) is 3. The molecular weight excluding hydrogens is 1020 g/mol. The Morgan fingerprint density at radius 1 is 0.662 bits per heavy atom. The van der Waals surface area contributed by atoms with Crippen molar-refractivity contribution in [3.63, 3.8) is 0 Å². The van der Waals surface area contributed by atoms with Gasteiger partial charge in [-0.2, -0.15) is 0 Å². The third kappa shape index (κ3) is 8.62. The molecule has 2 aromatic heterocycles. The maximum atomic E-state index is 8.99. The molecular formula is C63H57IrN3Si-2. The van der Waals surface area contributed by atoms with Crippen LogP contribution in [0.25, 0.3) is 83.2 Å². The Labute approximate surface area is 419 Å². The fourth-order valence-electron chi connectivity index (χ4n) is 10.6. The Morgan fingerprint density at radius 2 is 1.37 bits per heavy atom. The first-order valence-electron chi connectivity index (χ1n) is 25.0. The fraction of sp³-hybridized carbons (Fsp3) is 0.206. The average molecular weight is 1080 g/mol. The summed E-state index contributed by atoms with van der Waals surface area (Å²) in [6.07, 6.45) is 6.18. The van der Waals surface area contributed by atoms with E-state index in [-0.39, 0.29) is 31.4 Å². The molecule has 1 radical (unpaired) electrons. The molecule has 0 atom stereocenters.